The van der Waals surface area contributed by atoms with Gasteiger partial charge in [0.15, 0.2) is 5.78 Å². The number of halogens is 3. The molecular weight excluding hydrogens is 309 g/mol. The summed E-state index contributed by atoms with van der Waals surface area (Å²) in [6.07, 6.45) is -0.773. The largest absolute Gasteiger partial charge is 0.451 e. The van der Waals surface area contributed by atoms with Crippen LogP contribution in [0.4, 0.5) is 13.2 Å². The minimum atomic E-state index is -4.69. The maximum Gasteiger partial charge on any atom is 0.451 e. The molecule has 0 aliphatic heterocycles. The van der Waals surface area contributed by atoms with Crippen LogP contribution in [0.5, 0.6) is 0 Å². The van der Waals surface area contributed by atoms with Crippen molar-refractivity contribution in [3.05, 3.63) is 59.9 Å². The third kappa shape index (κ3) is 3.31. The van der Waals surface area contributed by atoms with Crippen molar-refractivity contribution in [1.82, 2.24) is 19.9 Å². The predicted octanol–water partition coefficient (Wildman–Crippen LogP) is 2.86. The Kier molecular flexibility index (Phi) is 3.73. The zero-order valence-corrected chi connectivity index (χ0v) is 11.6. The molecule has 0 unspecified atom stereocenters. The molecule has 0 aliphatic carbocycles. The predicted molar refractivity (Wildman–Crippen MR) is 74.6 cm³/mol. The fourth-order valence-electron chi connectivity index (χ4n) is 2.05. The molecule has 0 spiro atoms. The van der Waals surface area contributed by atoms with E-state index in [0.717, 1.165) is 6.20 Å². The Bertz CT molecular complexity index is 880. The molecule has 5 nitrogen and oxygen atoms in total. The van der Waals surface area contributed by atoms with E-state index in [1.165, 1.54) is 12.3 Å². The van der Waals surface area contributed by atoms with Crippen molar-refractivity contribution in [2.75, 3.05) is 0 Å². The zero-order chi connectivity index (χ0) is 16.4. The van der Waals surface area contributed by atoms with Crippen LogP contribution in [0.1, 0.15) is 21.9 Å². The van der Waals surface area contributed by atoms with Gasteiger partial charge in [0.05, 0.1) is 11.0 Å². The number of fused-ring (bicyclic) bond motifs is 1. The molecule has 0 aliphatic rings. The number of ketones is 1. The Morgan fingerprint density at radius 1 is 0.957 bits per heavy atom. The molecule has 0 fully saturated rings. The summed E-state index contributed by atoms with van der Waals surface area (Å²) in [5, 5.41) is 0. The van der Waals surface area contributed by atoms with Crippen LogP contribution in [0.3, 0.4) is 0 Å². The number of Topliss-reactive ketones (excluding diaryl/α,β-unsaturated/α-hetero) is 1. The average molecular weight is 318 g/mol. The van der Waals surface area contributed by atoms with Crippen molar-refractivity contribution in [3.8, 4) is 0 Å². The number of rotatable bonds is 3. The lowest BCUT2D eigenvalue weighted by molar-refractivity contribution is -0.145. The SMILES string of the molecule is O=C(Cc1ccc2nccnc2c1)c1ccnc(C(F)(F)F)n1. The quantitative estimate of drug-likeness (QED) is 0.695. The summed E-state index contributed by atoms with van der Waals surface area (Å²) >= 11 is 0. The highest BCUT2D eigenvalue weighted by Crippen LogP contribution is 2.25. The third-order valence-electron chi connectivity index (χ3n) is 3.09. The molecule has 3 aromatic rings. The Morgan fingerprint density at radius 2 is 1.70 bits per heavy atom. The highest BCUT2D eigenvalue weighted by molar-refractivity contribution is 5.96. The molecule has 0 saturated heterocycles. The first-order valence-electron chi connectivity index (χ1n) is 6.56. The normalized spacial score (nSPS) is 11.6. The second kappa shape index (κ2) is 5.71. The van der Waals surface area contributed by atoms with Gasteiger partial charge in [0.1, 0.15) is 5.69 Å². The van der Waals surface area contributed by atoms with E-state index in [0.29, 0.717) is 16.6 Å². The van der Waals surface area contributed by atoms with Gasteiger partial charge in [-0.3, -0.25) is 14.8 Å². The van der Waals surface area contributed by atoms with E-state index in [2.05, 4.69) is 19.9 Å². The monoisotopic (exact) mass is 318 g/mol. The zero-order valence-electron chi connectivity index (χ0n) is 11.6. The smallest absolute Gasteiger partial charge is 0.292 e. The Hall–Kier alpha value is -2.90. The number of nitrogens with zero attached hydrogens (tertiary/aromatic N) is 4. The molecule has 0 saturated carbocycles. The lowest BCUT2D eigenvalue weighted by Crippen LogP contribution is -2.15. The number of benzene rings is 1. The molecule has 3 rings (SSSR count). The Labute approximate surface area is 128 Å². The molecule has 0 amide bonds. The van der Waals surface area contributed by atoms with Crippen molar-refractivity contribution in [2.45, 2.75) is 12.6 Å². The molecular formula is C15H9F3N4O. The number of hydrogen-bond donors (Lipinski definition) is 0. The van der Waals surface area contributed by atoms with E-state index in [9.17, 15) is 18.0 Å². The van der Waals surface area contributed by atoms with Crippen molar-refractivity contribution in [1.29, 1.82) is 0 Å². The number of carbonyl (C=O) groups excluding carboxylic acids is 1. The van der Waals surface area contributed by atoms with Crippen LogP contribution in [0.2, 0.25) is 0 Å². The molecule has 1 aromatic carbocycles. The maximum atomic E-state index is 12.6. The van der Waals surface area contributed by atoms with Crippen LogP contribution >= 0.6 is 0 Å². The summed E-state index contributed by atoms with van der Waals surface area (Å²) in [4.78, 5) is 26.8. The minimum Gasteiger partial charge on any atom is -0.292 e. The molecule has 8 heteroatoms. The second-order valence-corrected chi connectivity index (χ2v) is 4.74. The highest BCUT2D eigenvalue weighted by atomic mass is 19.4. The first-order valence-corrected chi connectivity index (χ1v) is 6.56. The lowest BCUT2D eigenvalue weighted by Gasteiger charge is -2.06. The van der Waals surface area contributed by atoms with Crippen molar-refractivity contribution in [3.63, 3.8) is 0 Å². The molecule has 2 heterocycles. The van der Waals surface area contributed by atoms with Gasteiger partial charge in [0, 0.05) is 25.0 Å². The van der Waals surface area contributed by atoms with Gasteiger partial charge in [0.2, 0.25) is 5.82 Å². The van der Waals surface area contributed by atoms with Crippen molar-refractivity contribution < 1.29 is 18.0 Å². The topological polar surface area (TPSA) is 68.6 Å². The lowest BCUT2D eigenvalue weighted by atomic mass is 10.1. The number of carbonyl (C=O) groups is 1. The standard InChI is InChI=1S/C15H9F3N4O/c16-15(17,18)14-21-4-3-11(22-14)13(23)8-9-1-2-10-12(7-9)20-6-5-19-10/h1-7H,8H2. The Morgan fingerprint density at radius 3 is 2.43 bits per heavy atom. The van der Waals surface area contributed by atoms with Gasteiger partial charge in [-0.2, -0.15) is 13.2 Å². The molecule has 2 aromatic heterocycles. The van der Waals surface area contributed by atoms with Crippen molar-refractivity contribution in [2.24, 2.45) is 0 Å². The molecule has 0 N–H and O–H groups in total. The number of aromatic nitrogens is 4. The van der Waals surface area contributed by atoms with Gasteiger partial charge in [0.25, 0.3) is 0 Å². The minimum absolute atomic E-state index is 0.0825. The first kappa shape index (κ1) is 15.0. The maximum absolute atomic E-state index is 12.6. The molecule has 0 atom stereocenters. The van der Waals surface area contributed by atoms with E-state index < -0.39 is 17.8 Å². The first-order chi connectivity index (χ1) is 10.9. The van der Waals surface area contributed by atoms with Crippen LogP contribution in [0, 0.1) is 0 Å². The van der Waals surface area contributed by atoms with Gasteiger partial charge in [-0.1, -0.05) is 6.07 Å². The summed E-state index contributed by atoms with van der Waals surface area (Å²) in [7, 11) is 0. The summed E-state index contributed by atoms with van der Waals surface area (Å²) in [5.74, 6) is -1.85. The van der Waals surface area contributed by atoms with E-state index in [1.807, 2.05) is 0 Å². The van der Waals surface area contributed by atoms with Crippen LogP contribution < -0.4 is 0 Å². The van der Waals surface area contributed by atoms with Gasteiger partial charge in [-0.25, -0.2) is 9.97 Å². The van der Waals surface area contributed by atoms with Gasteiger partial charge < -0.3 is 0 Å². The van der Waals surface area contributed by atoms with E-state index in [-0.39, 0.29) is 12.1 Å². The van der Waals surface area contributed by atoms with Gasteiger partial charge in [-0.05, 0) is 23.8 Å². The van der Waals surface area contributed by atoms with Crippen LogP contribution in [0.25, 0.3) is 11.0 Å². The fraction of sp³-hybridized carbons (Fsp3) is 0.133. The summed E-state index contributed by atoms with van der Waals surface area (Å²) in [6.45, 7) is 0. The third-order valence-corrected chi connectivity index (χ3v) is 3.09. The van der Waals surface area contributed by atoms with E-state index in [4.69, 9.17) is 0 Å². The molecule has 0 bridgehead atoms. The second-order valence-electron chi connectivity index (χ2n) is 4.74. The molecule has 116 valence electrons. The molecule has 23 heavy (non-hydrogen) atoms. The van der Waals surface area contributed by atoms with E-state index >= 15 is 0 Å². The van der Waals surface area contributed by atoms with E-state index in [1.54, 1.807) is 24.4 Å². The number of alkyl halides is 3. The molecule has 0 radical (unpaired) electrons. The van der Waals surface area contributed by atoms with Crippen LogP contribution in [-0.4, -0.2) is 25.7 Å². The van der Waals surface area contributed by atoms with Crippen LogP contribution in [-0.2, 0) is 12.6 Å². The summed E-state index contributed by atoms with van der Waals surface area (Å²) in [5.41, 5.74) is 1.63. The van der Waals surface area contributed by atoms with Gasteiger partial charge in [-0.15, -0.1) is 0 Å². The average Bonchev–Trinajstić information content (AvgIpc) is 2.54. The number of hydrogen-bond acceptors (Lipinski definition) is 5. The van der Waals surface area contributed by atoms with Gasteiger partial charge >= 0.3 is 6.18 Å². The summed E-state index contributed by atoms with van der Waals surface area (Å²) < 4.78 is 37.7. The Balaban J connectivity index is 1.86. The van der Waals surface area contributed by atoms with Crippen molar-refractivity contribution >= 4 is 16.8 Å². The fourth-order valence-corrected chi connectivity index (χ4v) is 2.05. The summed E-state index contributed by atoms with van der Waals surface area (Å²) in [6, 6.07) is 6.22. The van der Waals surface area contributed by atoms with Crippen LogP contribution in [0.15, 0.2) is 42.9 Å². The highest BCUT2D eigenvalue weighted by Gasteiger charge is 2.35.